The molecule has 0 spiro atoms. The van der Waals surface area contributed by atoms with Crippen LogP contribution in [0.25, 0.3) is 21.8 Å². The van der Waals surface area contributed by atoms with Crippen LogP contribution in [0.5, 0.6) is 0 Å². The predicted octanol–water partition coefficient (Wildman–Crippen LogP) is 11.4. The molecule has 9 rings (SSSR count). The van der Waals surface area contributed by atoms with Gasteiger partial charge in [-0.2, -0.15) is 0 Å². The lowest BCUT2D eigenvalue weighted by atomic mass is 10.00. The van der Waals surface area contributed by atoms with Gasteiger partial charge in [0.2, 0.25) is 0 Å². The molecule has 51 heavy (non-hydrogen) atoms. The van der Waals surface area contributed by atoms with Crippen LogP contribution < -0.4 is 20.8 Å². The zero-order valence-electron chi connectivity index (χ0n) is 29.1. The van der Waals surface area contributed by atoms with Crippen LogP contribution in [0.1, 0.15) is 30.0 Å². The number of anilines is 2. The fourth-order valence-electron chi connectivity index (χ4n) is 7.90. The quantitative estimate of drug-likeness (QED) is 0.135. The summed E-state index contributed by atoms with van der Waals surface area (Å²) in [4.78, 5) is 8.32. The van der Waals surface area contributed by atoms with Crippen LogP contribution in [-0.4, -0.2) is 11.0 Å². The Hall–Kier alpha value is -4.87. The van der Waals surface area contributed by atoms with Crippen LogP contribution in [0.2, 0.25) is 0 Å². The molecule has 6 aromatic carbocycles. The van der Waals surface area contributed by atoms with Gasteiger partial charge in [-0.1, -0.05) is 145 Å². The SMILES string of the molecule is CC1=CCC2C(=C1)P(c1ccccc1)Cc1cccc3cc4cccc(c4nc13)CP(c1ccccc1)c1cc(C)ccc1N2c1ccccc1. The maximum atomic E-state index is 5.62. The number of hydrogen-bond acceptors (Lipinski definition) is 2. The van der Waals surface area contributed by atoms with Crippen molar-refractivity contribution in [3.8, 4) is 0 Å². The summed E-state index contributed by atoms with van der Waals surface area (Å²) in [6.07, 6.45) is 7.78. The van der Waals surface area contributed by atoms with Crippen LogP contribution in [0.15, 0.2) is 175 Å². The van der Waals surface area contributed by atoms with Gasteiger partial charge < -0.3 is 4.90 Å². The van der Waals surface area contributed by atoms with Crippen molar-refractivity contribution in [3.05, 3.63) is 191 Å². The molecule has 1 aromatic heterocycles. The van der Waals surface area contributed by atoms with Crippen molar-refractivity contribution in [2.24, 2.45) is 0 Å². The molecule has 7 aromatic rings. The van der Waals surface area contributed by atoms with Crippen LogP contribution in [0.3, 0.4) is 0 Å². The Labute approximate surface area is 303 Å². The Morgan fingerprint density at radius 3 is 1.82 bits per heavy atom. The Morgan fingerprint density at radius 1 is 0.588 bits per heavy atom. The van der Waals surface area contributed by atoms with Gasteiger partial charge in [-0.3, -0.25) is 0 Å². The van der Waals surface area contributed by atoms with Crippen molar-refractivity contribution < 1.29 is 0 Å². The van der Waals surface area contributed by atoms with Crippen LogP contribution >= 0.6 is 15.8 Å². The number of aryl methyl sites for hydroxylation is 1. The Balaban J connectivity index is 1.39. The number of para-hydroxylation sites is 3. The largest absolute Gasteiger partial charge is 0.333 e. The Morgan fingerprint density at radius 2 is 1.18 bits per heavy atom. The summed E-state index contributed by atoms with van der Waals surface area (Å²) in [7, 11) is -1.57. The minimum Gasteiger partial charge on any atom is -0.333 e. The van der Waals surface area contributed by atoms with Gasteiger partial charge in [-0.15, -0.1) is 0 Å². The van der Waals surface area contributed by atoms with E-state index >= 15 is 0 Å². The molecule has 1 aliphatic heterocycles. The van der Waals surface area contributed by atoms with E-state index in [-0.39, 0.29) is 6.04 Å². The van der Waals surface area contributed by atoms with Gasteiger partial charge in [0, 0.05) is 39.8 Å². The number of hydrogen-bond donors (Lipinski definition) is 0. The summed E-state index contributed by atoms with van der Waals surface area (Å²) in [5, 5.41) is 8.17. The van der Waals surface area contributed by atoms with Gasteiger partial charge in [0.05, 0.1) is 17.1 Å². The van der Waals surface area contributed by atoms with Crippen molar-refractivity contribution in [1.82, 2.24) is 4.98 Å². The molecule has 0 radical (unpaired) electrons. The molecule has 0 saturated heterocycles. The fraction of sp³-hybridized carbons (Fsp3) is 0.128. The number of pyridine rings is 1. The summed E-state index contributed by atoms with van der Waals surface area (Å²) in [6, 6.07) is 57.0. The van der Waals surface area contributed by atoms with Gasteiger partial charge in [-0.05, 0) is 93.5 Å². The molecular weight excluding hydrogens is 654 g/mol. The molecule has 4 heteroatoms. The first-order valence-electron chi connectivity index (χ1n) is 17.9. The lowest BCUT2D eigenvalue weighted by molar-refractivity contribution is 0.767. The first-order chi connectivity index (χ1) is 25.1. The highest BCUT2D eigenvalue weighted by atomic mass is 31.1. The average molecular weight is 695 g/mol. The molecule has 0 saturated carbocycles. The average Bonchev–Trinajstić information content (AvgIpc) is 3.17. The molecule has 3 atom stereocenters. The van der Waals surface area contributed by atoms with Gasteiger partial charge in [0.25, 0.3) is 0 Å². The lowest BCUT2D eigenvalue weighted by Crippen LogP contribution is -2.37. The van der Waals surface area contributed by atoms with E-state index < -0.39 is 15.8 Å². The minimum absolute atomic E-state index is 0.154. The molecule has 3 unspecified atom stereocenters. The molecule has 2 heterocycles. The second-order valence-electron chi connectivity index (χ2n) is 13.8. The number of allylic oxidation sites excluding steroid dienone is 2. The van der Waals surface area contributed by atoms with Crippen molar-refractivity contribution in [2.75, 3.05) is 4.90 Å². The molecular formula is C47H40N2P2. The fourth-order valence-corrected chi connectivity index (χ4v) is 13.2. The van der Waals surface area contributed by atoms with Gasteiger partial charge in [-0.25, -0.2) is 4.98 Å². The zero-order chi connectivity index (χ0) is 34.3. The molecule has 2 bridgehead atoms. The van der Waals surface area contributed by atoms with E-state index in [4.69, 9.17) is 4.98 Å². The van der Waals surface area contributed by atoms with E-state index in [0.29, 0.717) is 0 Å². The third-order valence-electron chi connectivity index (χ3n) is 10.3. The molecule has 2 aliphatic rings. The first-order valence-corrected chi connectivity index (χ1v) is 20.9. The monoisotopic (exact) mass is 694 g/mol. The molecule has 248 valence electrons. The predicted molar refractivity (Wildman–Crippen MR) is 222 cm³/mol. The maximum absolute atomic E-state index is 5.62. The number of rotatable bonds is 3. The first kappa shape index (κ1) is 32.1. The third-order valence-corrected chi connectivity index (χ3v) is 15.5. The van der Waals surface area contributed by atoms with E-state index in [1.807, 2.05) is 0 Å². The second kappa shape index (κ2) is 13.7. The minimum atomic E-state index is -0.803. The Bertz CT molecular complexity index is 2440. The highest BCUT2D eigenvalue weighted by Crippen LogP contribution is 2.55. The number of aromatic nitrogens is 1. The second-order valence-corrected chi connectivity index (χ2v) is 18.2. The smallest absolute Gasteiger partial charge is 0.0745 e. The van der Waals surface area contributed by atoms with E-state index in [1.54, 1.807) is 0 Å². The summed E-state index contributed by atoms with van der Waals surface area (Å²) >= 11 is 0. The van der Waals surface area contributed by atoms with Gasteiger partial charge in [0.1, 0.15) is 0 Å². The van der Waals surface area contributed by atoms with Crippen LogP contribution in [-0.2, 0) is 12.3 Å². The zero-order valence-corrected chi connectivity index (χ0v) is 30.9. The van der Waals surface area contributed by atoms with Crippen LogP contribution in [0, 0.1) is 6.92 Å². The number of fused-ring (bicyclic) bond motifs is 2. The number of nitrogens with zero attached hydrogens (tertiary/aromatic N) is 2. The molecule has 0 N–H and O–H groups in total. The summed E-state index contributed by atoms with van der Waals surface area (Å²) in [6.45, 7) is 4.52. The highest BCUT2D eigenvalue weighted by Gasteiger charge is 2.34. The summed E-state index contributed by atoms with van der Waals surface area (Å²) in [5.41, 5.74) is 10.1. The van der Waals surface area contributed by atoms with Crippen molar-refractivity contribution in [1.29, 1.82) is 0 Å². The van der Waals surface area contributed by atoms with Gasteiger partial charge >= 0.3 is 0 Å². The Kier molecular flexibility index (Phi) is 8.61. The molecule has 0 amide bonds. The van der Waals surface area contributed by atoms with E-state index in [0.717, 1.165) is 29.8 Å². The third kappa shape index (κ3) is 6.12. The lowest BCUT2D eigenvalue weighted by Gasteiger charge is -2.41. The molecule has 0 fully saturated rings. The van der Waals surface area contributed by atoms with Crippen molar-refractivity contribution >= 4 is 64.9 Å². The highest BCUT2D eigenvalue weighted by molar-refractivity contribution is 7.72. The summed E-state index contributed by atoms with van der Waals surface area (Å²) < 4.78 is 0. The van der Waals surface area contributed by atoms with Crippen molar-refractivity contribution in [2.45, 2.75) is 38.6 Å². The van der Waals surface area contributed by atoms with Crippen molar-refractivity contribution in [3.63, 3.8) is 0 Å². The maximum Gasteiger partial charge on any atom is 0.0745 e. The summed E-state index contributed by atoms with van der Waals surface area (Å²) in [5.74, 6) is 0. The molecule has 2 nitrogen and oxygen atoms in total. The topological polar surface area (TPSA) is 16.1 Å². The van der Waals surface area contributed by atoms with E-state index in [1.165, 1.54) is 65.6 Å². The number of benzene rings is 6. The standard InChI is InChI=1S/C47H40N2P2/c1-33-24-26-42-44(28-33)50(40-20-8-4-9-21-40)31-37-16-12-14-35-30-36-15-13-17-38(47(36)48-46(35)37)32-51(41-22-10-5-11-23-41)45-29-34(2)25-27-43(45)49(42)39-18-6-3-7-19-39/h3-26,28-30,43H,27,31-32H2,1-2H3. The molecule has 1 aliphatic carbocycles. The van der Waals surface area contributed by atoms with Gasteiger partial charge in [0.15, 0.2) is 0 Å². The normalized spacial score (nSPS) is 18.9. The van der Waals surface area contributed by atoms with E-state index in [9.17, 15) is 0 Å². The van der Waals surface area contributed by atoms with Crippen LogP contribution in [0.4, 0.5) is 11.4 Å². The van der Waals surface area contributed by atoms with E-state index in [2.05, 4.69) is 183 Å².